The summed E-state index contributed by atoms with van der Waals surface area (Å²) in [5, 5.41) is 6.45. The van der Waals surface area contributed by atoms with Crippen molar-refractivity contribution in [3.8, 4) is 0 Å². The minimum absolute atomic E-state index is 0.0233. The van der Waals surface area contributed by atoms with Crippen LogP contribution in [0, 0.1) is 5.41 Å². The van der Waals surface area contributed by atoms with Gasteiger partial charge in [-0.1, -0.05) is 13.8 Å². The molecule has 0 saturated carbocycles. The highest BCUT2D eigenvalue weighted by molar-refractivity contribution is 5.82. The van der Waals surface area contributed by atoms with Gasteiger partial charge in [-0.15, -0.1) is 0 Å². The first-order chi connectivity index (χ1) is 8.59. The lowest BCUT2D eigenvalue weighted by Crippen LogP contribution is -2.56. The molecule has 2 N–H and O–H groups in total. The molecule has 2 saturated heterocycles. The summed E-state index contributed by atoms with van der Waals surface area (Å²) in [7, 11) is 0. The first-order valence-corrected chi connectivity index (χ1v) is 7.33. The van der Waals surface area contributed by atoms with Gasteiger partial charge in [-0.2, -0.15) is 0 Å². The molecule has 0 radical (unpaired) electrons. The van der Waals surface area contributed by atoms with E-state index in [1.54, 1.807) is 0 Å². The van der Waals surface area contributed by atoms with Gasteiger partial charge in [-0.05, 0) is 50.7 Å². The second-order valence-electron chi connectivity index (χ2n) is 6.32. The van der Waals surface area contributed by atoms with Crippen molar-refractivity contribution in [1.82, 2.24) is 15.5 Å². The molecular formula is C14H27N3O. The van der Waals surface area contributed by atoms with Crippen molar-refractivity contribution < 1.29 is 4.79 Å². The molecule has 1 atom stereocenters. The minimum atomic E-state index is -0.0233. The lowest BCUT2D eigenvalue weighted by molar-refractivity contribution is -0.126. The van der Waals surface area contributed by atoms with E-state index in [1.807, 2.05) is 0 Å². The van der Waals surface area contributed by atoms with E-state index in [0.717, 1.165) is 26.1 Å². The van der Waals surface area contributed by atoms with Crippen LogP contribution in [0.4, 0.5) is 0 Å². The average molecular weight is 253 g/mol. The van der Waals surface area contributed by atoms with Crippen LogP contribution in [-0.4, -0.2) is 49.6 Å². The van der Waals surface area contributed by atoms with Gasteiger partial charge in [0, 0.05) is 13.1 Å². The van der Waals surface area contributed by atoms with E-state index in [4.69, 9.17) is 0 Å². The standard InChI is InChI=1S/C14H27N3O/c1-14(2)6-5-7-15-12(14)13(18)16-8-11-17-9-3-4-10-17/h12,15H,3-11H2,1-2H3,(H,16,18). The molecule has 1 unspecified atom stereocenters. The molecule has 2 heterocycles. The number of nitrogens with one attached hydrogen (secondary N) is 2. The fourth-order valence-corrected chi connectivity index (χ4v) is 3.10. The quantitative estimate of drug-likeness (QED) is 0.785. The van der Waals surface area contributed by atoms with Crippen LogP contribution >= 0.6 is 0 Å². The Hall–Kier alpha value is -0.610. The van der Waals surface area contributed by atoms with Crippen molar-refractivity contribution >= 4 is 5.91 Å². The van der Waals surface area contributed by atoms with Crippen LogP contribution in [0.5, 0.6) is 0 Å². The Bertz CT molecular complexity index is 285. The van der Waals surface area contributed by atoms with E-state index in [1.165, 1.54) is 32.4 Å². The smallest absolute Gasteiger partial charge is 0.237 e. The third-order valence-corrected chi connectivity index (χ3v) is 4.32. The van der Waals surface area contributed by atoms with Crippen LogP contribution in [0.15, 0.2) is 0 Å². The van der Waals surface area contributed by atoms with Gasteiger partial charge in [0.25, 0.3) is 0 Å². The third kappa shape index (κ3) is 3.45. The number of hydrogen-bond acceptors (Lipinski definition) is 3. The van der Waals surface area contributed by atoms with Crippen molar-refractivity contribution in [3.63, 3.8) is 0 Å². The minimum Gasteiger partial charge on any atom is -0.353 e. The van der Waals surface area contributed by atoms with Crippen LogP contribution in [0.1, 0.15) is 39.5 Å². The van der Waals surface area contributed by atoms with Gasteiger partial charge < -0.3 is 15.5 Å². The molecule has 0 bridgehead atoms. The highest BCUT2D eigenvalue weighted by atomic mass is 16.2. The number of likely N-dealkylation sites (tertiary alicyclic amines) is 1. The molecule has 2 aliphatic rings. The molecule has 18 heavy (non-hydrogen) atoms. The third-order valence-electron chi connectivity index (χ3n) is 4.32. The summed E-state index contributed by atoms with van der Waals surface area (Å²) < 4.78 is 0. The number of rotatable bonds is 4. The Balaban J connectivity index is 1.73. The van der Waals surface area contributed by atoms with Gasteiger partial charge in [0.1, 0.15) is 0 Å². The number of nitrogens with zero attached hydrogens (tertiary/aromatic N) is 1. The maximum atomic E-state index is 12.2. The highest BCUT2D eigenvalue weighted by Crippen LogP contribution is 2.29. The zero-order valence-corrected chi connectivity index (χ0v) is 11.8. The predicted molar refractivity (Wildman–Crippen MR) is 73.5 cm³/mol. The molecule has 0 aromatic carbocycles. The Labute approximate surface area is 110 Å². The van der Waals surface area contributed by atoms with Gasteiger partial charge in [-0.3, -0.25) is 4.79 Å². The predicted octanol–water partition coefficient (Wildman–Crippen LogP) is 0.977. The van der Waals surface area contributed by atoms with Gasteiger partial charge in [0.2, 0.25) is 5.91 Å². The molecule has 0 aromatic heterocycles. The Morgan fingerprint density at radius 3 is 2.72 bits per heavy atom. The van der Waals surface area contributed by atoms with E-state index in [-0.39, 0.29) is 17.4 Å². The molecule has 0 spiro atoms. The molecule has 0 aliphatic carbocycles. The van der Waals surface area contributed by atoms with Crippen molar-refractivity contribution in [2.24, 2.45) is 5.41 Å². The molecule has 2 rings (SSSR count). The summed E-state index contributed by atoms with van der Waals surface area (Å²) >= 11 is 0. The number of carbonyl (C=O) groups is 1. The monoisotopic (exact) mass is 253 g/mol. The second kappa shape index (κ2) is 6.02. The number of carbonyl (C=O) groups excluding carboxylic acids is 1. The largest absolute Gasteiger partial charge is 0.353 e. The summed E-state index contributed by atoms with van der Waals surface area (Å²) in [5.41, 5.74) is 0.0793. The number of piperidine rings is 1. The van der Waals surface area contributed by atoms with E-state index in [2.05, 4.69) is 29.4 Å². The van der Waals surface area contributed by atoms with Crippen LogP contribution in [-0.2, 0) is 4.79 Å². The first-order valence-electron chi connectivity index (χ1n) is 7.33. The van der Waals surface area contributed by atoms with Crippen LogP contribution in [0.3, 0.4) is 0 Å². The zero-order chi connectivity index (χ0) is 13.0. The number of hydrogen-bond donors (Lipinski definition) is 2. The van der Waals surface area contributed by atoms with E-state index < -0.39 is 0 Å². The second-order valence-corrected chi connectivity index (χ2v) is 6.32. The maximum Gasteiger partial charge on any atom is 0.237 e. The molecule has 2 aliphatic heterocycles. The summed E-state index contributed by atoms with van der Waals surface area (Å²) in [6.45, 7) is 9.51. The van der Waals surface area contributed by atoms with Gasteiger partial charge >= 0.3 is 0 Å². The molecule has 2 fully saturated rings. The molecule has 4 heteroatoms. The average Bonchev–Trinajstić information content (AvgIpc) is 2.81. The van der Waals surface area contributed by atoms with E-state index in [9.17, 15) is 4.79 Å². The van der Waals surface area contributed by atoms with Gasteiger partial charge in [0.05, 0.1) is 6.04 Å². The van der Waals surface area contributed by atoms with Gasteiger partial charge in [0.15, 0.2) is 0 Å². The Kier molecular flexibility index (Phi) is 4.62. The molecule has 104 valence electrons. The van der Waals surface area contributed by atoms with Crippen molar-refractivity contribution in [2.75, 3.05) is 32.7 Å². The van der Waals surface area contributed by atoms with Crippen LogP contribution < -0.4 is 10.6 Å². The lowest BCUT2D eigenvalue weighted by Gasteiger charge is -2.38. The van der Waals surface area contributed by atoms with Crippen LogP contribution in [0.25, 0.3) is 0 Å². The fourth-order valence-electron chi connectivity index (χ4n) is 3.10. The van der Waals surface area contributed by atoms with Gasteiger partial charge in [-0.25, -0.2) is 0 Å². The zero-order valence-electron chi connectivity index (χ0n) is 11.8. The first kappa shape index (κ1) is 13.8. The summed E-state index contributed by atoms with van der Waals surface area (Å²) in [5.74, 6) is 0.180. The summed E-state index contributed by atoms with van der Waals surface area (Å²) in [6, 6.07) is -0.0233. The maximum absolute atomic E-state index is 12.2. The summed E-state index contributed by atoms with van der Waals surface area (Å²) in [6.07, 6.45) is 4.92. The van der Waals surface area contributed by atoms with Crippen LogP contribution in [0.2, 0.25) is 0 Å². The van der Waals surface area contributed by atoms with Crippen molar-refractivity contribution in [1.29, 1.82) is 0 Å². The molecule has 1 amide bonds. The highest BCUT2D eigenvalue weighted by Gasteiger charge is 2.36. The topological polar surface area (TPSA) is 44.4 Å². The number of amides is 1. The molecular weight excluding hydrogens is 226 g/mol. The molecule has 4 nitrogen and oxygen atoms in total. The van der Waals surface area contributed by atoms with Crippen molar-refractivity contribution in [2.45, 2.75) is 45.6 Å². The lowest BCUT2D eigenvalue weighted by atomic mass is 9.77. The van der Waals surface area contributed by atoms with E-state index >= 15 is 0 Å². The van der Waals surface area contributed by atoms with E-state index in [0.29, 0.717) is 0 Å². The normalized spacial score (nSPS) is 28.2. The Morgan fingerprint density at radius 1 is 1.33 bits per heavy atom. The SMILES string of the molecule is CC1(C)CCCNC1C(=O)NCCN1CCCC1. The fraction of sp³-hybridized carbons (Fsp3) is 0.929. The van der Waals surface area contributed by atoms with Crippen molar-refractivity contribution in [3.05, 3.63) is 0 Å². The summed E-state index contributed by atoms with van der Waals surface area (Å²) in [4.78, 5) is 14.6. The molecule has 0 aromatic rings. The Morgan fingerprint density at radius 2 is 2.06 bits per heavy atom.